The Morgan fingerprint density at radius 1 is 0.957 bits per heavy atom. The average molecular weight is 706 g/mol. The number of carboxylic acids is 2. The Bertz CT molecular complexity index is 1770. The van der Waals surface area contributed by atoms with E-state index in [9.17, 15) is 34.2 Å². The zero-order chi connectivity index (χ0) is 34.0. The van der Waals surface area contributed by atoms with Gasteiger partial charge >= 0.3 is 18.0 Å². The third-order valence-electron chi connectivity index (χ3n) is 7.56. The molecular formula is C34H33BrN4O8. The highest BCUT2D eigenvalue weighted by Crippen LogP contribution is 2.45. The lowest BCUT2D eigenvalue weighted by molar-refractivity contribution is -0.136. The maximum Gasteiger partial charge on any atom is 0.335 e. The van der Waals surface area contributed by atoms with E-state index in [1.165, 1.54) is 34.1 Å². The van der Waals surface area contributed by atoms with Gasteiger partial charge in [-0.3, -0.25) is 24.3 Å². The number of nitrogens with one attached hydrogen (secondary N) is 1. The van der Waals surface area contributed by atoms with Gasteiger partial charge < -0.3 is 25.2 Å². The van der Waals surface area contributed by atoms with E-state index in [1.54, 1.807) is 18.2 Å². The molecule has 0 aliphatic carbocycles. The first-order chi connectivity index (χ1) is 22.2. The number of urea groups is 1. The van der Waals surface area contributed by atoms with Crippen LogP contribution >= 0.6 is 15.9 Å². The Morgan fingerprint density at radius 2 is 1.60 bits per heavy atom. The number of aliphatic carboxylic acids is 1. The van der Waals surface area contributed by atoms with Crippen LogP contribution in [0, 0.1) is 0 Å². The number of carbonyl (C=O) groups is 5. The smallest absolute Gasteiger partial charge is 0.335 e. The number of amides is 3. The van der Waals surface area contributed by atoms with Crippen LogP contribution in [0.15, 0.2) is 76.2 Å². The minimum Gasteiger partial charge on any atom is -0.487 e. The van der Waals surface area contributed by atoms with Gasteiger partial charge in [0, 0.05) is 23.1 Å². The number of hydrogen-bond donors (Lipinski definition) is 3. The van der Waals surface area contributed by atoms with Crippen molar-refractivity contribution in [2.45, 2.75) is 44.9 Å². The van der Waals surface area contributed by atoms with Gasteiger partial charge in [0.1, 0.15) is 36.2 Å². The molecule has 0 aromatic heterocycles. The predicted molar refractivity (Wildman–Crippen MR) is 175 cm³/mol. The molecule has 2 atom stereocenters. The van der Waals surface area contributed by atoms with Gasteiger partial charge in [-0.2, -0.15) is 0 Å². The van der Waals surface area contributed by atoms with Crippen LogP contribution < -0.4 is 10.1 Å². The van der Waals surface area contributed by atoms with Crippen LogP contribution in [0.4, 0.5) is 4.79 Å². The number of ether oxygens (including phenoxy) is 1. The normalized spacial score (nSPS) is 18.0. The Morgan fingerprint density at radius 3 is 2.19 bits per heavy atom. The van der Waals surface area contributed by atoms with Gasteiger partial charge in [-0.05, 0) is 68.3 Å². The number of aromatic carboxylic acids is 1. The lowest BCUT2D eigenvalue weighted by Crippen LogP contribution is -2.55. The third kappa shape index (κ3) is 7.51. The largest absolute Gasteiger partial charge is 0.487 e. The zero-order valence-electron chi connectivity index (χ0n) is 25.9. The minimum atomic E-state index is -1.27. The van der Waals surface area contributed by atoms with E-state index < -0.39 is 47.9 Å². The first-order valence-electron chi connectivity index (χ1n) is 14.8. The van der Waals surface area contributed by atoms with Crippen molar-refractivity contribution in [3.63, 3.8) is 0 Å². The first-order valence-corrected chi connectivity index (χ1v) is 15.6. The number of aliphatic imine (C=N–C) groups is 1. The fourth-order valence-corrected chi connectivity index (χ4v) is 5.77. The van der Waals surface area contributed by atoms with E-state index in [4.69, 9.17) is 9.73 Å². The lowest BCUT2D eigenvalue weighted by Gasteiger charge is -2.36. The SMILES string of the molecule is CC(C)(C)Oc1cc(C(=O)CC(=O)O)ccc1C1=NC(c2ccc(C(=O)O)cc2)C(c2ccc(Br)cc2)N1C(=O)N1CCNC(=O)C1. The van der Waals surface area contributed by atoms with Crippen LogP contribution in [0.25, 0.3) is 0 Å². The molecule has 1 saturated heterocycles. The van der Waals surface area contributed by atoms with Crippen molar-refractivity contribution in [3.8, 4) is 5.75 Å². The van der Waals surface area contributed by atoms with Crippen LogP contribution in [0.3, 0.4) is 0 Å². The van der Waals surface area contributed by atoms with E-state index in [0.717, 1.165) is 10.0 Å². The van der Waals surface area contributed by atoms with Gasteiger partial charge in [0.2, 0.25) is 5.91 Å². The van der Waals surface area contributed by atoms with Crippen molar-refractivity contribution >= 4 is 51.4 Å². The van der Waals surface area contributed by atoms with E-state index in [2.05, 4.69) is 21.2 Å². The Kier molecular flexibility index (Phi) is 9.48. The first kappa shape index (κ1) is 33.3. The highest BCUT2D eigenvalue weighted by molar-refractivity contribution is 9.10. The summed E-state index contributed by atoms with van der Waals surface area (Å²) in [4.78, 5) is 70.7. The Balaban J connectivity index is 1.73. The van der Waals surface area contributed by atoms with Gasteiger partial charge in [0.25, 0.3) is 0 Å². The van der Waals surface area contributed by atoms with Crippen molar-refractivity contribution in [1.29, 1.82) is 0 Å². The molecule has 47 heavy (non-hydrogen) atoms. The molecule has 2 aliphatic rings. The summed E-state index contributed by atoms with van der Waals surface area (Å²) >= 11 is 3.47. The van der Waals surface area contributed by atoms with E-state index in [0.29, 0.717) is 11.1 Å². The summed E-state index contributed by atoms with van der Waals surface area (Å²) < 4.78 is 7.12. The lowest BCUT2D eigenvalue weighted by atomic mass is 9.93. The number of hydrogen-bond acceptors (Lipinski definition) is 7. The summed E-state index contributed by atoms with van der Waals surface area (Å²) in [7, 11) is 0. The van der Waals surface area contributed by atoms with Gasteiger partial charge in [-0.15, -0.1) is 0 Å². The van der Waals surface area contributed by atoms with E-state index >= 15 is 0 Å². The van der Waals surface area contributed by atoms with Gasteiger partial charge in [0.15, 0.2) is 5.78 Å². The maximum absolute atomic E-state index is 14.5. The number of nitrogens with zero attached hydrogens (tertiary/aromatic N) is 3. The molecule has 2 aliphatic heterocycles. The van der Waals surface area contributed by atoms with Gasteiger partial charge in [-0.1, -0.05) is 46.3 Å². The second-order valence-corrected chi connectivity index (χ2v) is 13.1. The van der Waals surface area contributed by atoms with Gasteiger partial charge in [0.05, 0.1) is 17.2 Å². The Labute approximate surface area is 279 Å². The molecule has 12 nitrogen and oxygen atoms in total. The number of rotatable bonds is 8. The van der Waals surface area contributed by atoms with E-state index in [1.807, 2.05) is 45.0 Å². The number of ketones is 1. The number of carboxylic acid groups (broad SMARTS) is 2. The predicted octanol–water partition coefficient (Wildman–Crippen LogP) is 5.08. The molecule has 0 bridgehead atoms. The molecule has 0 spiro atoms. The fraction of sp³-hybridized carbons (Fsp3) is 0.294. The summed E-state index contributed by atoms with van der Waals surface area (Å²) in [5.41, 5.74) is 1.17. The zero-order valence-corrected chi connectivity index (χ0v) is 27.5. The second kappa shape index (κ2) is 13.4. The highest BCUT2D eigenvalue weighted by atomic mass is 79.9. The van der Waals surface area contributed by atoms with Gasteiger partial charge in [-0.25, -0.2) is 9.59 Å². The monoisotopic (exact) mass is 704 g/mol. The quantitative estimate of drug-likeness (QED) is 0.216. The van der Waals surface area contributed by atoms with Crippen molar-refractivity contribution in [2.75, 3.05) is 19.6 Å². The molecular weight excluding hydrogens is 672 g/mol. The molecule has 5 rings (SSSR count). The summed E-state index contributed by atoms with van der Waals surface area (Å²) in [6.07, 6.45) is -0.711. The molecule has 0 saturated carbocycles. The number of piperazine rings is 1. The number of halogens is 1. The van der Waals surface area contributed by atoms with Crippen molar-refractivity contribution < 1.29 is 38.9 Å². The molecule has 3 N–H and O–H groups in total. The van der Waals surface area contributed by atoms with Crippen LogP contribution in [0.1, 0.15) is 76.7 Å². The average Bonchev–Trinajstić information content (AvgIpc) is 3.40. The maximum atomic E-state index is 14.5. The summed E-state index contributed by atoms with van der Waals surface area (Å²) in [5.74, 6) is -2.86. The molecule has 2 heterocycles. The topological polar surface area (TPSA) is 166 Å². The van der Waals surface area contributed by atoms with Crippen molar-refractivity contribution in [3.05, 3.63) is 99.0 Å². The molecule has 244 valence electrons. The molecule has 2 unspecified atom stereocenters. The number of amidine groups is 1. The molecule has 3 aromatic carbocycles. The third-order valence-corrected chi connectivity index (χ3v) is 8.09. The molecule has 1 fully saturated rings. The number of Topliss-reactive ketones (excluding diaryl/α,β-unsaturated/α-hetero) is 1. The second-order valence-electron chi connectivity index (χ2n) is 12.2. The summed E-state index contributed by atoms with van der Waals surface area (Å²) in [6.45, 7) is 5.80. The summed E-state index contributed by atoms with van der Waals surface area (Å²) in [5, 5.41) is 21.5. The van der Waals surface area contributed by atoms with Crippen LogP contribution in [-0.2, 0) is 9.59 Å². The molecule has 3 amide bonds. The summed E-state index contributed by atoms with van der Waals surface area (Å²) in [6, 6.07) is 16.2. The van der Waals surface area contributed by atoms with Crippen LogP contribution in [-0.4, -0.2) is 80.7 Å². The number of benzene rings is 3. The Hall–Kier alpha value is -5.04. The number of carbonyl (C=O) groups excluding carboxylic acids is 3. The molecule has 3 aromatic rings. The van der Waals surface area contributed by atoms with Crippen LogP contribution in [0.5, 0.6) is 5.75 Å². The van der Waals surface area contributed by atoms with Crippen molar-refractivity contribution in [1.82, 2.24) is 15.1 Å². The molecule has 13 heteroatoms. The highest BCUT2D eigenvalue weighted by Gasteiger charge is 2.45. The fourth-order valence-electron chi connectivity index (χ4n) is 5.51. The minimum absolute atomic E-state index is 0.0888. The standard InChI is InChI=1S/C34H33BrN4O8/c1-34(2,3)47-26-16-22(25(40)17-28(42)43)10-13-24(26)31-37-29(19-4-6-21(7-5-19)32(44)45)30(20-8-11-23(35)12-9-20)39(31)33(46)38-15-14-36-27(41)18-38/h4-13,16,29-30H,14-15,17-18H2,1-3H3,(H,36,41)(H,42,43)(H,44,45). The molecule has 0 radical (unpaired) electrons. The van der Waals surface area contributed by atoms with Crippen LogP contribution in [0.2, 0.25) is 0 Å². The van der Waals surface area contributed by atoms with Crippen molar-refractivity contribution in [2.24, 2.45) is 4.99 Å². The van der Waals surface area contributed by atoms with E-state index in [-0.39, 0.29) is 48.3 Å².